The van der Waals surface area contributed by atoms with Crippen LogP contribution >= 0.6 is 27.5 Å². The summed E-state index contributed by atoms with van der Waals surface area (Å²) in [7, 11) is 1.40. The van der Waals surface area contributed by atoms with Gasteiger partial charge in [0.05, 0.1) is 17.8 Å². The minimum atomic E-state index is -0.299. The Hall–Kier alpha value is -0.740. The third kappa shape index (κ3) is 3.13. The van der Waals surface area contributed by atoms with Gasteiger partial charge in [0.2, 0.25) is 0 Å². The topological polar surface area (TPSA) is 38.3 Å². The first-order valence-corrected chi connectivity index (χ1v) is 6.58. The summed E-state index contributed by atoms with van der Waals surface area (Å²) in [5.74, 6) is 0.126. The normalized spacial score (nSPS) is 16.4. The molecular weight excluding hydrogens is 305 g/mol. The number of nitrogens with one attached hydrogen (secondary N) is 1. The molecule has 0 saturated heterocycles. The van der Waals surface area contributed by atoms with Gasteiger partial charge in [-0.15, -0.1) is 0 Å². The van der Waals surface area contributed by atoms with Gasteiger partial charge in [-0.1, -0.05) is 27.5 Å². The van der Waals surface area contributed by atoms with E-state index in [9.17, 15) is 4.79 Å². The molecule has 0 radical (unpaired) electrons. The van der Waals surface area contributed by atoms with Gasteiger partial charge in [0.1, 0.15) is 6.04 Å². The number of hydrogen-bond donors (Lipinski definition) is 1. The van der Waals surface area contributed by atoms with Crippen molar-refractivity contribution < 1.29 is 9.53 Å². The SMILES string of the molecule is COC(=O)C(Nc1cc(Br)ccc1Cl)C1CC1. The van der Waals surface area contributed by atoms with Gasteiger partial charge >= 0.3 is 5.97 Å². The van der Waals surface area contributed by atoms with Crippen LogP contribution in [0, 0.1) is 5.92 Å². The summed E-state index contributed by atoms with van der Waals surface area (Å²) in [6, 6.07) is 5.21. The van der Waals surface area contributed by atoms with E-state index in [2.05, 4.69) is 21.2 Å². The largest absolute Gasteiger partial charge is 0.467 e. The fourth-order valence-corrected chi connectivity index (χ4v) is 2.23. The lowest BCUT2D eigenvalue weighted by molar-refractivity contribution is -0.142. The molecule has 1 aromatic rings. The highest BCUT2D eigenvalue weighted by molar-refractivity contribution is 9.10. The highest BCUT2D eigenvalue weighted by Crippen LogP contribution is 2.36. The molecule has 92 valence electrons. The maximum atomic E-state index is 11.7. The molecule has 5 heteroatoms. The first kappa shape index (κ1) is 12.7. The standard InChI is InChI=1S/C12H13BrClNO2/c1-17-12(16)11(7-2-3-7)15-10-6-8(13)4-5-9(10)14/h4-7,11,15H,2-3H2,1H3. The third-order valence-electron chi connectivity index (χ3n) is 2.79. The highest BCUT2D eigenvalue weighted by atomic mass is 79.9. The molecule has 1 atom stereocenters. The summed E-state index contributed by atoms with van der Waals surface area (Å²) in [6.07, 6.45) is 2.11. The molecule has 1 fully saturated rings. The van der Waals surface area contributed by atoms with Crippen LogP contribution in [0.3, 0.4) is 0 Å². The van der Waals surface area contributed by atoms with Gasteiger partial charge in [-0.3, -0.25) is 0 Å². The van der Waals surface area contributed by atoms with E-state index in [0.717, 1.165) is 23.0 Å². The van der Waals surface area contributed by atoms with Crippen LogP contribution in [0.2, 0.25) is 5.02 Å². The first-order valence-electron chi connectivity index (χ1n) is 5.41. The van der Waals surface area contributed by atoms with Crippen LogP contribution in [0.25, 0.3) is 0 Å². The predicted octanol–water partition coefficient (Wildman–Crippen LogP) is 3.47. The molecule has 0 bridgehead atoms. The number of halogens is 2. The number of anilines is 1. The van der Waals surface area contributed by atoms with Crippen molar-refractivity contribution in [1.82, 2.24) is 0 Å². The van der Waals surface area contributed by atoms with Crippen molar-refractivity contribution in [2.45, 2.75) is 18.9 Å². The number of esters is 1. The van der Waals surface area contributed by atoms with E-state index < -0.39 is 0 Å². The van der Waals surface area contributed by atoms with Gasteiger partial charge < -0.3 is 10.1 Å². The van der Waals surface area contributed by atoms with Crippen LogP contribution in [0.4, 0.5) is 5.69 Å². The van der Waals surface area contributed by atoms with Crippen molar-refractivity contribution >= 4 is 39.2 Å². The Kier molecular flexibility index (Phi) is 3.94. The van der Waals surface area contributed by atoms with E-state index in [1.807, 2.05) is 12.1 Å². The molecule has 0 spiro atoms. The quantitative estimate of drug-likeness (QED) is 0.864. The Labute approximate surface area is 114 Å². The van der Waals surface area contributed by atoms with Crippen molar-refractivity contribution in [2.24, 2.45) is 5.92 Å². The average molecular weight is 319 g/mol. The first-order chi connectivity index (χ1) is 8.11. The van der Waals surface area contributed by atoms with Crippen molar-refractivity contribution in [3.8, 4) is 0 Å². The summed E-state index contributed by atoms with van der Waals surface area (Å²) in [5.41, 5.74) is 0.753. The minimum Gasteiger partial charge on any atom is -0.467 e. The van der Waals surface area contributed by atoms with Crippen LogP contribution in [-0.4, -0.2) is 19.1 Å². The number of hydrogen-bond acceptors (Lipinski definition) is 3. The number of benzene rings is 1. The lowest BCUT2D eigenvalue weighted by atomic mass is 10.1. The zero-order chi connectivity index (χ0) is 12.4. The van der Waals surface area contributed by atoms with Crippen molar-refractivity contribution in [3.63, 3.8) is 0 Å². The van der Waals surface area contributed by atoms with Crippen LogP contribution in [0.15, 0.2) is 22.7 Å². The number of carbonyl (C=O) groups excluding carboxylic acids is 1. The number of carbonyl (C=O) groups is 1. The smallest absolute Gasteiger partial charge is 0.328 e. The molecule has 17 heavy (non-hydrogen) atoms. The van der Waals surface area contributed by atoms with Gasteiger partial charge in [0.25, 0.3) is 0 Å². The zero-order valence-electron chi connectivity index (χ0n) is 9.37. The van der Waals surface area contributed by atoms with E-state index in [0.29, 0.717) is 10.9 Å². The summed E-state index contributed by atoms with van der Waals surface area (Å²) in [4.78, 5) is 11.7. The zero-order valence-corrected chi connectivity index (χ0v) is 11.7. The minimum absolute atomic E-state index is 0.233. The highest BCUT2D eigenvalue weighted by Gasteiger charge is 2.37. The molecule has 2 rings (SSSR count). The van der Waals surface area contributed by atoms with Gasteiger partial charge in [-0.25, -0.2) is 4.79 Å². The molecule has 1 saturated carbocycles. The molecule has 1 aliphatic carbocycles. The predicted molar refractivity (Wildman–Crippen MR) is 71.3 cm³/mol. The Morgan fingerprint density at radius 2 is 2.29 bits per heavy atom. The second-order valence-electron chi connectivity index (χ2n) is 4.11. The molecule has 0 heterocycles. The Morgan fingerprint density at radius 1 is 1.59 bits per heavy atom. The van der Waals surface area contributed by atoms with Gasteiger partial charge in [0, 0.05) is 4.47 Å². The van der Waals surface area contributed by atoms with Crippen LogP contribution in [0.1, 0.15) is 12.8 Å². The molecule has 3 nitrogen and oxygen atoms in total. The Bertz CT molecular complexity index is 435. The molecule has 0 aliphatic heterocycles. The lowest BCUT2D eigenvalue weighted by Gasteiger charge is -2.18. The van der Waals surface area contributed by atoms with E-state index in [-0.39, 0.29) is 12.0 Å². The number of rotatable bonds is 4. The average Bonchev–Trinajstić information content (AvgIpc) is 3.13. The molecule has 1 aromatic carbocycles. The summed E-state index contributed by atoms with van der Waals surface area (Å²) < 4.78 is 5.72. The Balaban J connectivity index is 2.16. The second-order valence-corrected chi connectivity index (χ2v) is 5.43. The summed E-state index contributed by atoms with van der Waals surface area (Å²) >= 11 is 9.46. The van der Waals surface area contributed by atoms with Crippen molar-refractivity contribution in [3.05, 3.63) is 27.7 Å². The molecule has 1 unspecified atom stereocenters. The summed E-state index contributed by atoms with van der Waals surface area (Å²) in [5, 5.41) is 3.76. The van der Waals surface area contributed by atoms with Crippen molar-refractivity contribution in [1.29, 1.82) is 0 Å². The van der Waals surface area contributed by atoms with Gasteiger partial charge in [0.15, 0.2) is 0 Å². The molecular formula is C12H13BrClNO2. The van der Waals surface area contributed by atoms with Crippen LogP contribution in [-0.2, 0) is 9.53 Å². The summed E-state index contributed by atoms with van der Waals surface area (Å²) in [6.45, 7) is 0. The number of methoxy groups -OCH3 is 1. The maximum absolute atomic E-state index is 11.7. The second kappa shape index (κ2) is 5.27. The Morgan fingerprint density at radius 3 is 2.88 bits per heavy atom. The van der Waals surface area contributed by atoms with Crippen molar-refractivity contribution in [2.75, 3.05) is 12.4 Å². The molecule has 0 aromatic heterocycles. The molecule has 0 amide bonds. The van der Waals surface area contributed by atoms with E-state index in [1.54, 1.807) is 6.07 Å². The third-order valence-corrected chi connectivity index (χ3v) is 3.61. The van der Waals surface area contributed by atoms with E-state index >= 15 is 0 Å². The van der Waals surface area contributed by atoms with E-state index in [1.165, 1.54) is 7.11 Å². The molecule has 1 N–H and O–H groups in total. The van der Waals surface area contributed by atoms with Crippen LogP contribution < -0.4 is 5.32 Å². The monoisotopic (exact) mass is 317 g/mol. The maximum Gasteiger partial charge on any atom is 0.328 e. The fraction of sp³-hybridized carbons (Fsp3) is 0.417. The van der Waals surface area contributed by atoms with Gasteiger partial charge in [-0.05, 0) is 37.0 Å². The number of ether oxygens (including phenoxy) is 1. The van der Waals surface area contributed by atoms with E-state index in [4.69, 9.17) is 16.3 Å². The van der Waals surface area contributed by atoms with Crippen LogP contribution in [0.5, 0.6) is 0 Å². The lowest BCUT2D eigenvalue weighted by Crippen LogP contribution is -2.32. The molecule has 1 aliphatic rings. The fourth-order valence-electron chi connectivity index (χ4n) is 1.70. The van der Waals surface area contributed by atoms with Gasteiger partial charge in [-0.2, -0.15) is 0 Å².